The molecular formula is C34H45F7N2O6. The van der Waals surface area contributed by atoms with Gasteiger partial charge in [-0.25, -0.2) is 9.74 Å². The summed E-state index contributed by atoms with van der Waals surface area (Å²) < 4.78 is 101. The van der Waals surface area contributed by atoms with E-state index < -0.39 is 40.9 Å². The van der Waals surface area contributed by atoms with Gasteiger partial charge in [0.2, 0.25) is 6.41 Å². The number of hydrogen-bond acceptors (Lipinski definition) is 6. The number of nitrogens with zero attached hydrogens (tertiary/aromatic N) is 1. The summed E-state index contributed by atoms with van der Waals surface area (Å²) in [6.07, 6.45) is -2.87. The van der Waals surface area contributed by atoms with Crippen LogP contribution in [0.3, 0.4) is 0 Å². The lowest BCUT2D eigenvalue weighted by molar-refractivity contribution is -0.350. The molecule has 0 saturated carbocycles. The number of hydrogen-bond donors (Lipinski definition) is 2. The quantitative estimate of drug-likeness (QED) is 0.0500. The molecule has 1 aliphatic rings. The molecule has 1 rings (SSSR count). The van der Waals surface area contributed by atoms with Crippen LogP contribution in [0.4, 0.5) is 30.9 Å². The molecule has 1 unspecified atom stereocenters. The largest absolute Gasteiger partial charge is 0.498 e. The van der Waals surface area contributed by atoms with Crippen LogP contribution < -0.4 is 5.32 Å². The maximum atomic E-state index is 13.9. The van der Waals surface area contributed by atoms with E-state index in [0.29, 0.717) is 38.2 Å². The van der Waals surface area contributed by atoms with Crippen molar-refractivity contribution in [3.63, 3.8) is 0 Å². The zero-order valence-corrected chi connectivity index (χ0v) is 28.5. The molecule has 1 aliphatic carbocycles. The third-order valence-corrected chi connectivity index (χ3v) is 7.94. The SMILES string of the molecule is CCC/C(C)=C/C(=C\C(CCC)=C(/C)OCCCCN(C)C(=O)C(C)(NC=O)C1=CC(C(=O)OF)=CC=CC1)C(O)(C(F)(F)F)C(F)(F)F. The van der Waals surface area contributed by atoms with Crippen molar-refractivity contribution in [1.82, 2.24) is 10.2 Å². The van der Waals surface area contributed by atoms with E-state index in [1.54, 1.807) is 19.9 Å². The summed E-state index contributed by atoms with van der Waals surface area (Å²) in [5, 5.41) is 12.7. The van der Waals surface area contributed by atoms with E-state index in [2.05, 4.69) is 10.3 Å². The number of rotatable bonds is 18. The summed E-state index contributed by atoms with van der Waals surface area (Å²) in [7, 11) is 1.47. The Hall–Kier alpha value is -3.88. The molecule has 2 N–H and O–H groups in total. The van der Waals surface area contributed by atoms with Gasteiger partial charge in [0.15, 0.2) is 0 Å². The van der Waals surface area contributed by atoms with E-state index in [0.717, 1.165) is 6.08 Å². The van der Waals surface area contributed by atoms with Crippen LogP contribution in [0.1, 0.15) is 79.6 Å². The number of allylic oxidation sites excluding steroid dienone is 7. The number of amides is 2. The van der Waals surface area contributed by atoms with Gasteiger partial charge in [0, 0.05) is 23.7 Å². The van der Waals surface area contributed by atoms with Crippen LogP contribution in [0.15, 0.2) is 70.1 Å². The Labute approximate surface area is 282 Å². The fourth-order valence-corrected chi connectivity index (χ4v) is 5.12. The zero-order chi connectivity index (χ0) is 37.6. The second kappa shape index (κ2) is 18.8. The van der Waals surface area contributed by atoms with Crippen molar-refractivity contribution in [3.05, 3.63) is 70.1 Å². The summed E-state index contributed by atoms with van der Waals surface area (Å²) in [6, 6.07) is 0. The van der Waals surface area contributed by atoms with Gasteiger partial charge in [0.25, 0.3) is 11.5 Å². The van der Waals surface area contributed by atoms with Crippen LogP contribution >= 0.6 is 0 Å². The number of aliphatic hydroxyl groups is 1. The fraction of sp³-hybridized carbons (Fsp3) is 0.559. The van der Waals surface area contributed by atoms with Gasteiger partial charge in [-0.3, -0.25) is 9.59 Å². The Balaban J connectivity index is 3.21. The monoisotopic (exact) mass is 710 g/mol. The molecule has 0 bridgehead atoms. The van der Waals surface area contributed by atoms with Crippen molar-refractivity contribution < 1.29 is 60.0 Å². The van der Waals surface area contributed by atoms with E-state index in [1.165, 1.54) is 50.9 Å². The lowest BCUT2D eigenvalue weighted by Crippen LogP contribution is -2.58. The van der Waals surface area contributed by atoms with E-state index in [4.69, 9.17) is 4.74 Å². The molecule has 0 fully saturated rings. The maximum absolute atomic E-state index is 13.9. The number of likely N-dealkylation sites (N-methyl/N-ethyl adjacent to an activating group) is 1. The number of alkyl halides is 6. The van der Waals surface area contributed by atoms with Gasteiger partial charge in [-0.2, -0.15) is 26.3 Å². The molecule has 15 heteroatoms. The average molecular weight is 711 g/mol. The van der Waals surface area contributed by atoms with Crippen molar-refractivity contribution in [2.24, 2.45) is 0 Å². The Morgan fingerprint density at radius 1 is 1.02 bits per heavy atom. The second-order valence-corrected chi connectivity index (χ2v) is 11.8. The number of nitrogens with one attached hydrogen (secondary N) is 1. The van der Waals surface area contributed by atoms with E-state index in [1.807, 2.05) is 0 Å². The molecule has 0 aromatic heterocycles. The number of halogens is 7. The van der Waals surface area contributed by atoms with Crippen molar-refractivity contribution >= 4 is 18.3 Å². The number of carbonyl (C=O) groups is 3. The smallest absolute Gasteiger partial charge is 0.430 e. The predicted octanol–water partition coefficient (Wildman–Crippen LogP) is 7.59. The Kier molecular flexibility index (Phi) is 16.5. The highest BCUT2D eigenvalue weighted by Gasteiger charge is 2.72. The number of ether oxygens (including phenoxy) is 1. The van der Waals surface area contributed by atoms with Gasteiger partial charge >= 0.3 is 18.3 Å². The minimum atomic E-state index is -6.06. The Morgan fingerprint density at radius 3 is 2.16 bits per heavy atom. The minimum Gasteiger partial charge on any atom is -0.498 e. The lowest BCUT2D eigenvalue weighted by Gasteiger charge is -2.34. The highest BCUT2D eigenvalue weighted by Crippen LogP contribution is 2.48. The summed E-state index contributed by atoms with van der Waals surface area (Å²) >= 11 is 0. The molecule has 0 aliphatic heterocycles. The second-order valence-electron chi connectivity index (χ2n) is 11.8. The summed E-state index contributed by atoms with van der Waals surface area (Å²) in [5.41, 5.74) is -7.73. The van der Waals surface area contributed by atoms with Gasteiger partial charge in [-0.15, -0.1) is 0 Å². The lowest BCUT2D eigenvalue weighted by atomic mass is 9.86. The first-order valence-electron chi connectivity index (χ1n) is 15.7. The van der Waals surface area contributed by atoms with Crippen molar-refractivity contribution in [3.8, 4) is 0 Å². The Morgan fingerprint density at radius 2 is 1.63 bits per heavy atom. The summed E-state index contributed by atoms with van der Waals surface area (Å²) in [4.78, 5) is 41.3. The standard InChI is InChI=1S/C34H45F7N2O6/c1-7-13-23(3)19-28(32(47,33(35,36)37)34(38,39)40)20-25(14-8-2)24(4)48-18-12-11-17-43(6)30(46)31(5,42-22-44)27-16-10-9-15-26(21-27)29(45)49-41/h9-10,15,19-22,47H,7-8,11-14,16-18H2,1-6H3,(H,42,44)/b23-19+,25-24+,28-20+. The molecule has 1 atom stereocenters. The van der Waals surface area contributed by atoms with Gasteiger partial charge in [0.1, 0.15) is 5.54 Å². The normalized spacial score (nSPS) is 16.4. The molecule has 0 aromatic carbocycles. The number of unbranched alkanes of at least 4 members (excludes halogenated alkanes) is 1. The van der Waals surface area contributed by atoms with Gasteiger partial charge < -0.3 is 20.1 Å². The molecule has 49 heavy (non-hydrogen) atoms. The van der Waals surface area contributed by atoms with Crippen LogP contribution in [0.2, 0.25) is 0 Å². The van der Waals surface area contributed by atoms with Crippen LogP contribution in [0.25, 0.3) is 0 Å². The van der Waals surface area contributed by atoms with Crippen LogP contribution in [0, 0.1) is 0 Å². The highest BCUT2D eigenvalue weighted by atomic mass is 19.4. The predicted molar refractivity (Wildman–Crippen MR) is 169 cm³/mol. The third kappa shape index (κ3) is 11.3. The van der Waals surface area contributed by atoms with Crippen LogP contribution in [0.5, 0.6) is 0 Å². The summed E-state index contributed by atoms with van der Waals surface area (Å²) in [6.45, 7) is 7.76. The highest BCUT2D eigenvalue weighted by molar-refractivity contribution is 5.95. The topological polar surface area (TPSA) is 105 Å². The minimum absolute atomic E-state index is 0.00291. The molecule has 0 aromatic rings. The fourth-order valence-electron chi connectivity index (χ4n) is 5.12. The Bertz CT molecular complexity index is 1350. The molecule has 8 nitrogen and oxygen atoms in total. The van der Waals surface area contributed by atoms with Gasteiger partial charge in [0.05, 0.1) is 17.9 Å². The zero-order valence-electron chi connectivity index (χ0n) is 28.5. The van der Waals surface area contributed by atoms with Crippen LogP contribution in [-0.4, -0.2) is 72.0 Å². The molecule has 0 spiro atoms. The van der Waals surface area contributed by atoms with Crippen molar-refractivity contribution in [2.75, 3.05) is 20.2 Å². The first-order chi connectivity index (χ1) is 22.7. The van der Waals surface area contributed by atoms with E-state index in [9.17, 15) is 50.4 Å². The average Bonchev–Trinajstić information content (AvgIpc) is 3.28. The summed E-state index contributed by atoms with van der Waals surface area (Å²) in [5.74, 6) is -1.76. The van der Waals surface area contributed by atoms with E-state index >= 15 is 0 Å². The molecular weight excluding hydrogens is 665 g/mol. The van der Waals surface area contributed by atoms with Gasteiger partial charge in [-0.1, -0.05) is 50.5 Å². The molecule has 0 saturated heterocycles. The first kappa shape index (κ1) is 43.1. The molecule has 0 radical (unpaired) electrons. The molecule has 0 heterocycles. The van der Waals surface area contributed by atoms with E-state index in [-0.39, 0.29) is 60.5 Å². The molecule has 2 amide bonds. The maximum Gasteiger partial charge on any atom is 0.430 e. The van der Waals surface area contributed by atoms with Crippen molar-refractivity contribution in [1.29, 1.82) is 0 Å². The van der Waals surface area contributed by atoms with Crippen molar-refractivity contribution in [2.45, 2.75) is 103 Å². The first-order valence-corrected chi connectivity index (χ1v) is 15.7. The third-order valence-electron chi connectivity index (χ3n) is 7.94. The van der Waals surface area contributed by atoms with Gasteiger partial charge in [-0.05, 0) is 82.2 Å². The molecule has 276 valence electrons. The number of carbonyl (C=O) groups excluding carboxylic acids is 3. The van der Waals surface area contributed by atoms with Crippen LogP contribution in [-0.2, 0) is 24.1 Å².